The average Bonchev–Trinajstić information content (AvgIpc) is 3.07. The van der Waals surface area contributed by atoms with Gasteiger partial charge in [0.2, 0.25) is 0 Å². The zero-order valence-corrected chi connectivity index (χ0v) is 16.4. The van der Waals surface area contributed by atoms with Crippen LogP contribution in [0.5, 0.6) is 5.75 Å². The van der Waals surface area contributed by atoms with Crippen molar-refractivity contribution in [2.75, 3.05) is 13.2 Å². The fourth-order valence-electron chi connectivity index (χ4n) is 4.46. The molecule has 0 bridgehead atoms. The smallest absolute Gasteiger partial charge is 0.405 e. The molecule has 4 rings (SSSR count). The van der Waals surface area contributed by atoms with E-state index in [2.05, 4.69) is 10.1 Å². The van der Waals surface area contributed by atoms with E-state index >= 15 is 0 Å². The third-order valence-electron chi connectivity index (χ3n) is 5.59. The zero-order chi connectivity index (χ0) is 19.8. The number of alkyl halides is 3. The van der Waals surface area contributed by atoms with Crippen LogP contribution in [0.1, 0.15) is 42.3 Å². The molecule has 8 heteroatoms. The second-order valence-corrected chi connectivity index (χ2v) is 7.41. The van der Waals surface area contributed by atoms with Gasteiger partial charge in [-0.05, 0) is 49.6 Å². The molecule has 3 nitrogen and oxygen atoms in total. The van der Waals surface area contributed by atoms with E-state index in [1.54, 1.807) is 0 Å². The molecule has 2 aromatic carbocycles. The van der Waals surface area contributed by atoms with Crippen LogP contribution in [0.4, 0.5) is 17.6 Å². The van der Waals surface area contributed by atoms with E-state index in [0.29, 0.717) is 6.42 Å². The monoisotopic (exact) mass is 431 g/mol. The predicted molar refractivity (Wildman–Crippen MR) is 103 cm³/mol. The molecule has 2 aliphatic rings. The van der Waals surface area contributed by atoms with Crippen molar-refractivity contribution < 1.29 is 27.0 Å². The lowest BCUT2D eigenvalue weighted by Gasteiger charge is -2.41. The number of ether oxygens (including phenoxy) is 2. The van der Waals surface area contributed by atoms with E-state index in [4.69, 9.17) is 4.74 Å². The molecular weight excluding hydrogens is 410 g/mol. The summed E-state index contributed by atoms with van der Waals surface area (Å²) in [7, 11) is 0. The molecule has 0 amide bonds. The molecule has 3 atom stereocenters. The lowest BCUT2D eigenvalue weighted by atomic mass is 9.77. The molecule has 2 aliphatic heterocycles. The number of hydrogen-bond donors (Lipinski definition) is 1. The van der Waals surface area contributed by atoms with Crippen molar-refractivity contribution in [3.63, 3.8) is 0 Å². The summed E-state index contributed by atoms with van der Waals surface area (Å²) in [4.78, 5) is 0. The molecule has 29 heavy (non-hydrogen) atoms. The van der Waals surface area contributed by atoms with Gasteiger partial charge in [-0.2, -0.15) is 0 Å². The van der Waals surface area contributed by atoms with Crippen LogP contribution in [0.2, 0.25) is 0 Å². The summed E-state index contributed by atoms with van der Waals surface area (Å²) in [6.45, 7) is 1.07. The fraction of sp³-hybridized carbons (Fsp3) is 0.429. The molecule has 0 unspecified atom stereocenters. The summed E-state index contributed by atoms with van der Waals surface area (Å²) in [5.41, 5.74) is 0.743. The van der Waals surface area contributed by atoms with Crippen molar-refractivity contribution in [3.8, 4) is 5.75 Å². The van der Waals surface area contributed by atoms with Crippen LogP contribution < -0.4 is 10.1 Å². The van der Waals surface area contributed by atoms with Crippen LogP contribution in [-0.4, -0.2) is 25.1 Å². The largest absolute Gasteiger partial charge is 0.573 e. The van der Waals surface area contributed by atoms with E-state index < -0.39 is 17.8 Å². The van der Waals surface area contributed by atoms with Crippen LogP contribution in [0.15, 0.2) is 48.5 Å². The third kappa shape index (κ3) is 4.68. The Morgan fingerprint density at radius 2 is 1.86 bits per heavy atom. The van der Waals surface area contributed by atoms with Crippen molar-refractivity contribution in [2.24, 2.45) is 0 Å². The maximum Gasteiger partial charge on any atom is 0.573 e. The highest BCUT2D eigenvalue weighted by Gasteiger charge is 2.49. The molecule has 0 saturated carbocycles. The summed E-state index contributed by atoms with van der Waals surface area (Å²) in [6, 6.07) is 13.0. The number of hydrogen-bond acceptors (Lipinski definition) is 3. The van der Waals surface area contributed by atoms with Gasteiger partial charge in [-0.1, -0.05) is 30.3 Å². The summed E-state index contributed by atoms with van der Waals surface area (Å²) >= 11 is 0. The van der Waals surface area contributed by atoms with Crippen molar-refractivity contribution in [2.45, 2.75) is 43.2 Å². The highest BCUT2D eigenvalue weighted by Crippen LogP contribution is 2.49. The molecule has 2 heterocycles. The van der Waals surface area contributed by atoms with E-state index in [9.17, 15) is 17.6 Å². The van der Waals surface area contributed by atoms with Crippen molar-refractivity contribution in [3.05, 3.63) is 65.5 Å². The number of rotatable bonds is 3. The van der Waals surface area contributed by atoms with Crippen molar-refractivity contribution in [1.29, 1.82) is 0 Å². The lowest BCUT2D eigenvalue weighted by Crippen LogP contribution is -2.48. The first-order valence-corrected chi connectivity index (χ1v) is 9.34. The third-order valence-corrected chi connectivity index (χ3v) is 5.59. The summed E-state index contributed by atoms with van der Waals surface area (Å²) in [5.74, 6) is -1.33. The van der Waals surface area contributed by atoms with E-state index in [1.165, 1.54) is 0 Å². The normalized spacial score (nSPS) is 26.9. The van der Waals surface area contributed by atoms with Crippen LogP contribution in [0, 0.1) is 5.82 Å². The van der Waals surface area contributed by atoms with Gasteiger partial charge in [0, 0.05) is 11.5 Å². The molecule has 1 spiro atoms. The summed E-state index contributed by atoms with van der Waals surface area (Å²) in [6.07, 6.45) is -2.63. The van der Waals surface area contributed by atoms with Gasteiger partial charge in [0.1, 0.15) is 11.6 Å². The quantitative estimate of drug-likeness (QED) is 0.650. The van der Waals surface area contributed by atoms with E-state index in [-0.39, 0.29) is 42.3 Å². The highest BCUT2D eigenvalue weighted by atomic mass is 35.5. The molecule has 2 fully saturated rings. The van der Waals surface area contributed by atoms with Crippen LogP contribution in [-0.2, 0) is 4.74 Å². The van der Waals surface area contributed by atoms with Gasteiger partial charge in [-0.3, -0.25) is 0 Å². The Labute approximate surface area is 172 Å². The van der Waals surface area contributed by atoms with Crippen LogP contribution >= 0.6 is 12.4 Å². The summed E-state index contributed by atoms with van der Waals surface area (Å²) in [5, 5.41) is 3.49. The SMILES string of the molecule is Cl.Fc1ccc(OC(F)(F)F)c([C@@H]2CO[C@]3(CCCN[C@H]3c3ccccc3)C2)c1. The molecular formula is C21H22ClF4NO2. The molecule has 158 valence electrons. The van der Waals surface area contributed by atoms with Gasteiger partial charge in [0.15, 0.2) is 0 Å². The Kier molecular flexibility index (Phi) is 6.41. The Morgan fingerprint density at radius 1 is 1.10 bits per heavy atom. The predicted octanol–water partition coefficient (Wildman–Crippen LogP) is 5.51. The molecule has 0 aromatic heterocycles. The number of benzene rings is 2. The number of halogens is 5. The lowest BCUT2D eigenvalue weighted by molar-refractivity contribution is -0.275. The number of piperidine rings is 1. The first-order valence-electron chi connectivity index (χ1n) is 9.34. The minimum absolute atomic E-state index is 0. The number of nitrogens with one attached hydrogen (secondary N) is 1. The molecule has 0 radical (unpaired) electrons. The van der Waals surface area contributed by atoms with Gasteiger partial charge < -0.3 is 14.8 Å². The molecule has 1 N–H and O–H groups in total. The Bertz CT molecular complexity index is 833. The highest BCUT2D eigenvalue weighted by molar-refractivity contribution is 5.85. The molecule has 2 aromatic rings. The van der Waals surface area contributed by atoms with Crippen LogP contribution in [0.25, 0.3) is 0 Å². The van der Waals surface area contributed by atoms with Gasteiger partial charge in [-0.25, -0.2) is 4.39 Å². The first kappa shape index (κ1) is 21.9. The van der Waals surface area contributed by atoms with Crippen molar-refractivity contribution in [1.82, 2.24) is 5.32 Å². The van der Waals surface area contributed by atoms with E-state index in [0.717, 1.165) is 43.1 Å². The zero-order valence-electron chi connectivity index (χ0n) is 15.5. The Balaban J connectivity index is 0.00000240. The topological polar surface area (TPSA) is 30.5 Å². The van der Waals surface area contributed by atoms with Crippen LogP contribution in [0.3, 0.4) is 0 Å². The van der Waals surface area contributed by atoms with E-state index in [1.807, 2.05) is 30.3 Å². The fourth-order valence-corrected chi connectivity index (χ4v) is 4.46. The maximum atomic E-state index is 13.8. The first-order chi connectivity index (χ1) is 13.4. The van der Waals surface area contributed by atoms with Crippen molar-refractivity contribution >= 4 is 12.4 Å². The minimum atomic E-state index is -4.83. The van der Waals surface area contributed by atoms with Gasteiger partial charge in [0.25, 0.3) is 0 Å². The molecule has 2 saturated heterocycles. The average molecular weight is 432 g/mol. The van der Waals surface area contributed by atoms with Gasteiger partial charge in [0.05, 0.1) is 18.2 Å². The summed E-state index contributed by atoms with van der Waals surface area (Å²) < 4.78 is 62.5. The van der Waals surface area contributed by atoms with Gasteiger partial charge in [-0.15, -0.1) is 25.6 Å². The molecule has 0 aliphatic carbocycles. The Morgan fingerprint density at radius 3 is 2.59 bits per heavy atom. The van der Waals surface area contributed by atoms with Gasteiger partial charge >= 0.3 is 6.36 Å². The minimum Gasteiger partial charge on any atom is -0.405 e. The Hall–Kier alpha value is -1.83. The standard InChI is InChI=1S/C21H21F4NO2.ClH/c22-16-7-8-18(28-21(23,24)25)17(11-16)15-12-20(27-13-15)9-4-10-26-19(20)14-5-2-1-3-6-14;/h1-3,5-8,11,15,19,26H,4,9-10,12-13H2;1H/t15-,19-,20+;/m0./s1. The maximum absolute atomic E-state index is 13.8. The second kappa shape index (κ2) is 8.50. The second-order valence-electron chi connectivity index (χ2n) is 7.41.